The van der Waals surface area contributed by atoms with Crippen LogP contribution >= 0.6 is 0 Å². The van der Waals surface area contributed by atoms with Crippen LogP contribution in [0.2, 0.25) is 0 Å². The van der Waals surface area contributed by atoms with E-state index in [2.05, 4.69) is 9.97 Å². The summed E-state index contributed by atoms with van der Waals surface area (Å²) in [5.74, 6) is -3.34. The van der Waals surface area contributed by atoms with Crippen LogP contribution in [-0.4, -0.2) is 80.9 Å². The summed E-state index contributed by atoms with van der Waals surface area (Å²) in [4.78, 5) is 63.0. The lowest BCUT2D eigenvalue weighted by molar-refractivity contribution is -0.385. The van der Waals surface area contributed by atoms with Crippen molar-refractivity contribution in [3.8, 4) is 22.7 Å². The molecule has 1 aliphatic rings. The maximum atomic E-state index is 16.4. The summed E-state index contributed by atoms with van der Waals surface area (Å²) in [5, 5.41) is 22.4. The van der Waals surface area contributed by atoms with Crippen LogP contribution in [-0.2, 0) is 9.53 Å². The van der Waals surface area contributed by atoms with Crippen LogP contribution in [0.1, 0.15) is 43.6 Å². The molecule has 16 heteroatoms. The number of carboxylic acid groups (broad SMARTS) is 1. The summed E-state index contributed by atoms with van der Waals surface area (Å²) < 4.78 is 43.0. The monoisotopic (exact) mass is 680 g/mol. The van der Waals surface area contributed by atoms with Crippen LogP contribution < -0.4 is 15.2 Å². The molecule has 1 N–H and O–H groups in total. The molecule has 3 aromatic heterocycles. The molecule has 1 aliphatic heterocycles. The van der Waals surface area contributed by atoms with Gasteiger partial charge in [-0.05, 0) is 56.5 Å². The second-order valence-corrected chi connectivity index (χ2v) is 12.0. The molecule has 49 heavy (non-hydrogen) atoms. The largest absolute Gasteiger partial charge is 0.496 e. The molecule has 0 bridgehead atoms. The number of fused-ring (bicyclic) bond motifs is 1. The molecular weight excluding hydrogens is 646 g/mol. The number of benzene rings is 1. The molecule has 1 aromatic carbocycles. The fourth-order valence-electron chi connectivity index (χ4n) is 6.38. The third-order valence-electron chi connectivity index (χ3n) is 8.52. The van der Waals surface area contributed by atoms with Crippen molar-refractivity contribution in [1.29, 1.82) is 0 Å². The molecular formula is C33H34F2N6O8. The number of aryl methyl sites for hydroxylation is 2. The van der Waals surface area contributed by atoms with Crippen molar-refractivity contribution < 1.29 is 37.9 Å². The van der Waals surface area contributed by atoms with E-state index < -0.39 is 69.9 Å². The minimum Gasteiger partial charge on any atom is -0.496 e. The number of hydrogen-bond donors (Lipinski definition) is 1. The summed E-state index contributed by atoms with van der Waals surface area (Å²) in [6, 6.07) is 4.07. The maximum absolute atomic E-state index is 16.4. The number of methoxy groups -OCH3 is 2. The molecule has 4 heterocycles. The van der Waals surface area contributed by atoms with Crippen molar-refractivity contribution in [2.24, 2.45) is 0 Å². The highest BCUT2D eigenvalue weighted by atomic mass is 19.1. The van der Waals surface area contributed by atoms with E-state index in [-0.39, 0.29) is 40.5 Å². The van der Waals surface area contributed by atoms with Gasteiger partial charge in [0.2, 0.25) is 0 Å². The number of rotatable bonds is 7. The minimum atomic E-state index is -1.47. The fraction of sp³-hybridized carbons (Fsp3) is 0.364. The SMILES string of the molecule is COC(=O)[C@H]1CN(C(=O)O)[C@H](C)CN1c1c([N+](=O)[O-])c(=O)n(-c2c(C)cc(C)nc2C(C)C)c2nc(-c3c(F)cccc3OC)c(F)cc12. The van der Waals surface area contributed by atoms with Crippen LogP contribution in [0, 0.1) is 35.6 Å². The lowest BCUT2D eigenvalue weighted by Crippen LogP contribution is -2.62. The summed E-state index contributed by atoms with van der Waals surface area (Å²) >= 11 is 0. The summed E-state index contributed by atoms with van der Waals surface area (Å²) in [7, 11) is 2.32. The molecule has 14 nitrogen and oxygen atoms in total. The van der Waals surface area contributed by atoms with Gasteiger partial charge in [0.05, 0.1) is 48.0 Å². The van der Waals surface area contributed by atoms with E-state index in [1.165, 1.54) is 31.1 Å². The van der Waals surface area contributed by atoms with Crippen LogP contribution in [0.5, 0.6) is 5.75 Å². The first kappa shape index (κ1) is 34.7. The highest BCUT2D eigenvalue weighted by Crippen LogP contribution is 2.41. The van der Waals surface area contributed by atoms with Crippen LogP contribution in [0.4, 0.5) is 25.0 Å². The van der Waals surface area contributed by atoms with Crippen molar-refractivity contribution in [3.63, 3.8) is 0 Å². The average Bonchev–Trinajstić information content (AvgIpc) is 3.03. The van der Waals surface area contributed by atoms with Crippen molar-refractivity contribution in [3.05, 3.63) is 79.4 Å². The zero-order chi connectivity index (χ0) is 36.1. The number of nitro groups is 1. The molecule has 2 atom stereocenters. The number of piperazine rings is 1. The van der Waals surface area contributed by atoms with E-state index in [9.17, 15) is 29.6 Å². The number of hydrogen-bond acceptors (Lipinski definition) is 10. The molecule has 0 spiro atoms. The van der Waals surface area contributed by atoms with Gasteiger partial charge < -0.3 is 24.4 Å². The number of pyridine rings is 3. The second-order valence-electron chi connectivity index (χ2n) is 12.0. The number of ether oxygens (including phenoxy) is 2. The predicted molar refractivity (Wildman–Crippen MR) is 175 cm³/mol. The molecule has 0 saturated carbocycles. The number of carbonyl (C=O) groups is 2. The Hall–Kier alpha value is -5.67. The van der Waals surface area contributed by atoms with Gasteiger partial charge in [0.15, 0.2) is 11.5 Å². The summed E-state index contributed by atoms with van der Waals surface area (Å²) in [6.07, 6.45) is -1.35. The van der Waals surface area contributed by atoms with Crippen molar-refractivity contribution in [1.82, 2.24) is 19.4 Å². The first-order chi connectivity index (χ1) is 23.1. The Kier molecular flexibility index (Phi) is 9.26. The number of halogens is 2. The van der Waals surface area contributed by atoms with Gasteiger partial charge in [0, 0.05) is 18.3 Å². The Morgan fingerprint density at radius 1 is 1.08 bits per heavy atom. The van der Waals surface area contributed by atoms with Gasteiger partial charge >= 0.3 is 23.3 Å². The lowest BCUT2D eigenvalue weighted by Gasteiger charge is -2.43. The van der Waals surface area contributed by atoms with Gasteiger partial charge in [-0.3, -0.25) is 24.5 Å². The second kappa shape index (κ2) is 13.1. The standard InChI is InChI=1S/C33H34F2N6O8/c1-15(2)25-27(16(3)11-17(4)36-25)40-30-19(12-21(35)26(37-30)24-20(34)9-8-10-23(24)48-6)28(29(31(40)42)41(46)47)39-13-18(5)38(33(44)45)14-22(39)32(43)49-7/h8-12,15,18,22H,13-14H2,1-7H3,(H,44,45)/t18-,22-/m1/s1. The topological polar surface area (TPSA) is 170 Å². The highest BCUT2D eigenvalue weighted by Gasteiger charge is 2.44. The molecule has 0 radical (unpaired) electrons. The first-order valence-electron chi connectivity index (χ1n) is 15.2. The number of anilines is 1. The van der Waals surface area contributed by atoms with E-state index >= 15 is 8.78 Å². The zero-order valence-electron chi connectivity index (χ0n) is 27.8. The van der Waals surface area contributed by atoms with Crippen molar-refractivity contribution in [2.75, 3.05) is 32.2 Å². The van der Waals surface area contributed by atoms with Crippen molar-refractivity contribution >= 4 is 34.5 Å². The lowest BCUT2D eigenvalue weighted by atomic mass is 10.0. The quantitative estimate of drug-likeness (QED) is 0.156. The number of esters is 1. The molecule has 1 saturated heterocycles. The average molecular weight is 681 g/mol. The van der Waals surface area contributed by atoms with Crippen LogP contribution in [0.3, 0.4) is 0 Å². The number of aromatic nitrogens is 3. The van der Waals surface area contributed by atoms with E-state index in [0.717, 1.165) is 28.7 Å². The summed E-state index contributed by atoms with van der Waals surface area (Å²) in [6.45, 7) is 7.76. The molecule has 5 rings (SSSR count). The fourth-order valence-corrected chi connectivity index (χ4v) is 6.38. The minimum absolute atomic E-state index is 0.0674. The van der Waals surface area contributed by atoms with Crippen LogP contribution in [0.15, 0.2) is 35.1 Å². The molecule has 0 aliphatic carbocycles. The Balaban J connectivity index is 2.02. The summed E-state index contributed by atoms with van der Waals surface area (Å²) in [5.41, 5.74) is -2.26. The third kappa shape index (κ3) is 5.87. The zero-order valence-corrected chi connectivity index (χ0v) is 27.8. The smallest absolute Gasteiger partial charge is 0.407 e. The number of nitrogens with zero attached hydrogens (tertiary/aromatic N) is 6. The Morgan fingerprint density at radius 2 is 1.78 bits per heavy atom. The van der Waals surface area contributed by atoms with E-state index in [1.807, 2.05) is 13.8 Å². The number of carbonyl (C=O) groups excluding carboxylic acids is 1. The molecule has 1 fully saturated rings. The van der Waals surface area contributed by atoms with Gasteiger partial charge in [-0.15, -0.1) is 0 Å². The van der Waals surface area contributed by atoms with Gasteiger partial charge in [0.25, 0.3) is 0 Å². The van der Waals surface area contributed by atoms with Crippen molar-refractivity contribution in [2.45, 2.75) is 52.6 Å². The third-order valence-corrected chi connectivity index (χ3v) is 8.52. The van der Waals surface area contributed by atoms with E-state index in [4.69, 9.17) is 9.47 Å². The Morgan fingerprint density at radius 3 is 2.37 bits per heavy atom. The molecule has 4 aromatic rings. The van der Waals surface area contributed by atoms with E-state index in [1.54, 1.807) is 19.9 Å². The highest BCUT2D eigenvalue weighted by molar-refractivity contribution is 5.99. The number of amides is 1. The maximum Gasteiger partial charge on any atom is 0.407 e. The van der Waals surface area contributed by atoms with Gasteiger partial charge in [0.1, 0.15) is 29.0 Å². The molecule has 0 unspecified atom stereocenters. The Labute approximate surface area is 278 Å². The van der Waals surface area contributed by atoms with E-state index in [0.29, 0.717) is 17.0 Å². The Bertz CT molecular complexity index is 2090. The van der Waals surface area contributed by atoms with Gasteiger partial charge in [-0.25, -0.2) is 23.4 Å². The molecule has 1 amide bonds. The van der Waals surface area contributed by atoms with Crippen LogP contribution in [0.25, 0.3) is 28.0 Å². The van der Waals surface area contributed by atoms with Gasteiger partial charge in [-0.1, -0.05) is 19.9 Å². The first-order valence-corrected chi connectivity index (χ1v) is 15.2. The van der Waals surface area contributed by atoms with Gasteiger partial charge in [-0.2, -0.15) is 0 Å². The normalized spacial score (nSPS) is 16.3. The predicted octanol–water partition coefficient (Wildman–Crippen LogP) is 5.11. The molecule has 258 valence electrons.